The van der Waals surface area contributed by atoms with E-state index in [4.69, 9.17) is 38.0 Å². The molecule has 0 spiro atoms. The Kier molecular flexibility index (Phi) is 29.9. The number of hydrogen-bond acceptors (Lipinski definition) is 8. The Hall–Kier alpha value is 0.114. The van der Waals surface area contributed by atoms with E-state index in [9.17, 15) is 0 Å². The minimum absolute atomic E-state index is 0.636. The van der Waals surface area contributed by atoms with Crippen LogP contribution in [-0.4, -0.2) is 70.3 Å². The van der Waals surface area contributed by atoms with Crippen LogP contribution in [0.4, 0.5) is 0 Å². The fraction of sp³-hybridized carbons (Fsp3) is 1.00. The number of nitrogens with two attached hydrogens (primary N) is 2. The van der Waals surface area contributed by atoms with Gasteiger partial charge in [-0.15, -0.1) is 0 Å². The first kappa shape index (κ1) is 38.3. The van der Waals surface area contributed by atoms with Crippen molar-refractivity contribution in [1.82, 2.24) is 0 Å². The highest BCUT2D eigenvalue weighted by Crippen LogP contribution is 2.21. The third-order valence-electron chi connectivity index (χ3n) is 5.56. The molecule has 0 aromatic heterocycles. The maximum Gasteiger partial charge on any atom is 0.500 e. The van der Waals surface area contributed by atoms with E-state index < -0.39 is 17.6 Å². The Morgan fingerprint density at radius 1 is 0.361 bits per heavy atom. The molecule has 0 rings (SSSR count). The van der Waals surface area contributed by atoms with Gasteiger partial charge in [-0.05, 0) is 73.9 Å². The molecule has 0 aliphatic rings. The quantitative estimate of drug-likeness (QED) is 0.101. The molecule has 0 fully saturated rings. The molecule has 0 radical (unpaired) electrons. The molecule has 0 saturated carbocycles. The molecule has 0 unspecified atom stereocenters. The van der Waals surface area contributed by atoms with Crippen LogP contribution in [0.15, 0.2) is 0 Å². The van der Waals surface area contributed by atoms with Gasteiger partial charge in [0.2, 0.25) is 0 Å². The Morgan fingerprint density at radius 2 is 0.611 bits per heavy atom. The Labute approximate surface area is 226 Å². The summed E-state index contributed by atoms with van der Waals surface area (Å²) in [5.74, 6) is 0. The third kappa shape index (κ3) is 21.1. The average Bonchev–Trinajstić information content (AvgIpc) is 2.85. The van der Waals surface area contributed by atoms with Crippen LogP contribution >= 0.6 is 0 Å². The van der Waals surface area contributed by atoms with Gasteiger partial charge in [0.05, 0.1) is 0 Å². The zero-order valence-corrected chi connectivity index (χ0v) is 26.7. The van der Waals surface area contributed by atoms with E-state index in [2.05, 4.69) is 0 Å². The standard InChI is InChI=1S/C17H39NO3Si.C9H23NO3Si/c1-4-19-22(20-5-2,21-6-3)17-15-13-11-9-7-8-10-12-14-16-18;1-4-11-14(12-5-2,13-6-3)9-7-8-10/h4-18H2,1-3H3;4-10H2,1-3H3. The normalized spacial score (nSPS) is 12.0. The van der Waals surface area contributed by atoms with E-state index in [-0.39, 0.29) is 0 Å². The van der Waals surface area contributed by atoms with Crippen LogP contribution in [0, 0.1) is 0 Å². The first-order valence-electron chi connectivity index (χ1n) is 14.7. The van der Waals surface area contributed by atoms with E-state index in [1.807, 2.05) is 41.5 Å². The lowest BCUT2D eigenvalue weighted by atomic mass is 10.1. The van der Waals surface area contributed by atoms with Crippen LogP contribution in [0.3, 0.4) is 0 Å². The van der Waals surface area contributed by atoms with E-state index in [1.54, 1.807) is 0 Å². The summed E-state index contributed by atoms with van der Waals surface area (Å²) in [6.07, 6.45) is 12.5. The van der Waals surface area contributed by atoms with Crippen LogP contribution in [0.5, 0.6) is 0 Å². The lowest BCUT2D eigenvalue weighted by molar-refractivity contribution is 0.0700. The molecular weight excluding hydrogens is 492 g/mol. The molecule has 4 N–H and O–H groups in total. The molecule has 0 heterocycles. The second kappa shape index (κ2) is 28.1. The highest BCUT2D eigenvalue weighted by Gasteiger charge is 2.40. The summed E-state index contributed by atoms with van der Waals surface area (Å²) in [6.45, 7) is 17.4. The Bertz CT molecular complexity index is 405. The Balaban J connectivity index is 0. The summed E-state index contributed by atoms with van der Waals surface area (Å²) in [7, 11) is -4.79. The summed E-state index contributed by atoms with van der Waals surface area (Å²) in [4.78, 5) is 0. The van der Waals surface area contributed by atoms with Crippen LogP contribution in [0.25, 0.3) is 0 Å². The molecule has 10 heteroatoms. The van der Waals surface area contributed by atoms with Crippen molar-refractivity contribution >= 4 is 17.6 Å². The van der Waals surface area contributed by atoms with Gasteiger partial charge in [-0.25, -0.2) is 0 Å². The molecular formula is C26H62N2O6Si2. The van der Waals surface area contributed by atoms with Crippen molar-refractivity contribution in [2.75, 3.05) is 52.7 Å². The second-order valence-corrected chi connectivity index (χ2v) is 14.0. The van der Waals surface area contributed by atoms with Crippen LogP contribution in [0.2, 0.25) is 12.1 Å². The maximum absolute atomic E-state index is 5.88. The van der Waals surface area contributed by atoms with Crippen molar-refractivity contribution in [3.63, 3.8) is 0 Å². The monoisotopic (exact) mass is 554 g/mol. The molecule has 0 aliphatic carbocycles. The fourth-order valence-electron chi connectivity index (χ4n) is 4.04. The van der Waals surface area contributed by atoms with E-state index in [1.165, 1.54) is 51.4 Å². The maximum atomic E-state index is 5.88. The highest BCUT2D eigenvalue weighted by molar-refractivity contribution is 6.61. The Morgan fingerprint density at radius 3 is 0.889 bits per heavy atom. The van der Waals surface area contributed by atoms with Gasteiger partial charge < -0.3 is 38.0 Å². The van der Waals surface area contributed by atoms with E-state index in [0.29, 0.717) is 46.2 Å². The largest absolute Gasteiger partial charge is 0.500 e. The topological polar surface area (TPSA) is 107 Å². The molecule has 0 bridgehead atoms. The zero-order valence-electron chi connectivity index (χ0n) is 24.7. The summed E-state index contributed by atoms with van der Waals surface area (Å²) < 4.78 is 34.6. The van der Waals surface area contributed by atoms with Gasteiger partial charge in [0.15, 0.2) is 0 Å². The van der Waals surface area contributed by atoms with Gasteiger partial charge in [-0.2, -0.15) is 0 Å². The SMILES string of the molecule is CCO[Si](CCCCCCCCCCCN)(OCC)OCC.CCO[Si](CCCN)(OCC)OCC. The van der Waals surface area contributed by atoms with Gasteiger partial charge >= 0.3 is 17.6 Å². The predicted octanol–water partition coefficient (Wildman–Crippen LogP) is 5.89. The molecule has 0 amide bonds. The van der Waals surface area contributed by atoms with Gasteiger partial charge in [0, 0.05) is 51.7 Å². The van der Waals surface area contributed by atoms with Crippen molar-refractivity contribution < 1.29 is 26.6 Å². The molecule has 36 heavy (non-hydrogen) atoms. The molecule has 0 aliphatic heterocycles. The van der Waals surface area contributed by atoms with Crippen molar-refractivity contribution in [1.29, 1.82) is 0 Å². The zero-order chi connectivity index (χ0) is 27.4. The molecule has 220 valence electrons. The number of hydrogen-bond donors (Lipinski definition) is 2. The van der Waals surface area contributed by atoms with E-state index >= 15 is 0 Å². The molecule has 8 nitrogen and oxygen atoms in total. The fourth-order valence-corrected chi connectivity index (χ4v) is 9.37. The smallest absolute Gasteiger partial charge is 0.374 e. The van der Waals surface area contributed by atoms with E-state index in [0.717, 1.165) is 31.5 Å². The van der Waals surface area contributed by atoms with Crippen molar-refractivity contribution in [3.8, 4) is 0 Å². The molecule has 0 atom stereocenters. The van der Waals surface area contributed by atoms with Crippen LogP contribution in [-0.2, 0) is 26.6 Å². The summed E-state index contributed by atoms with van der Waals surface area (Å²) in [6, 6.07) is 1.78. The van der Waals surface area contributed by atoms with Gasteiger partial charge in [0.25, 0.3) is 0 Å². The minimum Gasteiger partial charge on any atom is -0.374 e. The first-order valence-corrected chi connectivity index (χ1v) is 18.6. The second-order valence-electron chi connectivity index (χ2n) is 8.58. The number of rotatable bonds is 26. The van der Waals surface area contributed by atoms with Gasteiger partial charge in [-0.1, -0.05) is 44.9 Å². The van der Waals surface area contributed by atoms with Gasteiger partial charge in [-0.3, -0.25) is 0 Å². The van der Waals surface area contributed by atoms with Crippen molar-refractivity contribution in [3.05, 3.63) is 0 Å². The highest BCUT2D eigenvalue weighted by atomic mass is 28.4. The summed E-state index contributed by atoms with van der Waals surface area (Å²) >= 11 is 0. The lowest BCUT2D eigenvalue weighted by Gasteiger charge is -2.28. The molecule has 0 saturated heterocycles. The first-order chi connectivity index (χ1) is 17.5. The molecule has 0 aromatic carbocycles. The third-order valence-corrected chi connectivity index (χ3v) is 11.9. The summed E-state index contributed by atoms with van der Waals surface area (Å²) in [5.41, 5.74) is 11.0. The molecule has 0 aromatic rings. The minimum atomic E-state index is -2.40. The summed E-state index contributed by atoms with van der Waals surface area (Å²) in [5, 5.41) is 0. The van der Waals surface area contributed by atoms with Crippen LogP contribution in [0.1, 0.15) is 106 Å². The number of unbranched alkanes of at least 4 members (excludes halogenated alkanes) is 8. The average molecular weight is 555 g/mol. The van der Waals surface area contributed by atoms with Crippen molar-refractivity contribution in [2.24, 2.45) is 11.5 Å². The van der Waals surface area contributed by atoms with Gasteiger partial charge in [0.1, 0.15) is 0 Å². The van der Waals surface area contributed by atoms with Crippen molar-refractivity contribution in [2.45, 2.75) is 118 Å². The lowest BCUT2D eigenvalue weighted by Crippen LogP contribution is -2.46. The van der Waals surface area contributed by atoms with Crippen LogP contribution < -0.4 is 11.5 Å². The predicted molar refractivity (Wildman–Crippen MR) is 155 cm³/mol.